The molecule has 0 amide bonds. The fourth-order valence-electron chi connectivity index (χ4n) is 2.97. The minimum atomic E-state index is -0.434. The molecule has 0 bridgehead atoms. The summed E-state index contributed by atoms with van der Waals surface area (Å²) in [5, 5.41) is 14.1. The van der Waals surface area contributed by atoms with Crippen molar-refractivity contribution in [3.8, 4) is 0 Å². The van der Waals surface area contributed by atoms with Gasteiger partial charge in [-0.3, -0.25) is 10.1 Å². The number of nitrogens with zero attached hydrogens (tertiary/aromatic N) is 4. The van der Waals surface area contributed by atoms with Crippen LogP contribution in [0.2, 0.25) is 0 Å². The maximum atomic E-state index is 10.8. The van der Waals surface area contributed by atoms with Crippen LogP contribution in [0.15, 0.2) is 36.5 Å². The minimum absolute atomic E-state index is 0.00303. The molecule has 1 saturated carbocycles. The van der Waals surface area contributed by atoms with E-state index in [1.807, 2.05) is 25.1 Å². The van der Waals surface area contributed by atoms with E-state index in [0.717, 1.165) is 22.4 Å². The van der Waals surface area contributed by atoms with Gasteiger partial charge < -0.3 is 9.88 Å². The van der Waals surface area contributed by atoms with Crippen molar-refractivity contribution in [2.75, 3.05) is 5.32 Å². The second-order valence-corrected chi connectivity index (χ2v) is 6.09. The van der Waals surface area contributed by atoms with E-state index in [2.05, 4.69) is 20.9 Å². The lowest BCUT2D eigenvalue weighted by Gasteiger charge is -2.10. The second-order valence-electron chi connectivity index (χ2n) is 6.09. The Labute approximate surface area is 138 Å². The first-order chi connectivity index (χ1) is 11.6. The number of nitrogens with one attached hydrogen (secondary N) is 1. The summed E-state index contributed by atoms with van der Waals surface area (Å²) in [4.78, 5) is 19.3. The molecular weight excluding hydrogens is 306 g/mol. The Hall–Kier alpha value is -2.96. The van der Waals surface area contributed by atoms with Gasteiger partial charge in [0.25, 0.3) is 5.69 Å². The lowest BCUT2D eigenvalue weighted by molar-refractivity contribution is -0.385. The first-order valence-corrected chi connectivity index (χ1v) is 7.94. The highest BCUT2D eigenvalue weighted by Gasteiger charge is 2.28. The zero-order chi connectivity index (χ0) is 16.7. The molecule has 1 aromatic carbocycles. The number of rotatable bonds is 5. The third-order valence-electron chi connectivity index (χ3n) is 4.27. The van der Waals surface area contributed by atoms with Gasteiger partial charge in [-0.05, 0) is 37.5 Å². The van der Waals surface area contributed by atoms with Crippen molar-refractivity contribution in [2.24, 2.45) is 0 Å². The van der Waals surface area contributed by atoms with E-state index in [4.69, 9.17) is 4.98 Å². The van der Waals surface area contributed by atoms with Crippen LogP contribution in [0.3, 0.4) is 0 Å². The van der Waals surface area contributed by atoms with E-state index in [-0.39, 0.29) is 5.69 Å². The lowest BCUT2D eigenvalue weighted by atomic mass is 10.2. The van der Waals surface area contributed by atoms with Crippen molar-refractivity contribution in [2.45, 2.75) is 32.4 Å². The number of fused-ring (bicyclic) bond motifs is 1. The summed E-state index contributed by atoms with van der Waals surface area (Å²) in [5.74, 6) is 1.62. The van der Waals surface area contributed by atoms with Gasteiger partial charge in [-0.2, -0.15) is 0 Å². The van der Waals surface area contributed by atoms with Crippen LogP contribution in [0.25, 0.3) is 11.0 Å². The summed E-state index contributed by atoms with van der Waals surface area (Å²) in [5.41, 5.74) is 2.90. The molecule has 1 aliphatic carbocycles. The van der Waals surface area contributed by atoms with E-state index < -0.39 is 4.92 Å². The predicted octanol–water partition coefficient (Wildman–Crippen LogP) is 3.59. The zero-order valence-electron chi connectivity index (χ0n) is 13.3. The third kappa shape index (κ3) is 2.58. The number of benzene rings is 1. The molecule has 4 rings (SSSR count). The molecule has 2 heterocycles. The molecule has 0 spiro atoms. The third-order valence-corrected chi connectivity index (χ3v) is 4.27. The van der Waals surface area contributed by atoms with Gasteiger partial charge in [0.05, 0.1) is 22.5 Å². The van der Waals surface area contributed by atoms with Crippen LogP contribution < -0.4 is 5.32 Å². The molecule has 122 valence electrons. The fourth-order valence-corrected chi connectivity index (χ4v) is 2.97. The molecule has 7 nitrogen and oxygen atoms in total. The number of nitro groups is 1. The Morgan fingerprint density at radius 1 is 1.38 bits per heavy atom. The van der Waals surface area contributed by atoms with Crippen LogP contribution in [0.4, 0.5) is 11.5 Å². The predicted molar refractivity (Wildman–Crippen MR) is 91.0 cm³/mol. The van der Waals surface area contributed by atoms with Gasteiger partial charge in [0, 0.05) is 12.1 Å². The first kappa shape index (κ1) is 14.6. The van der Waals surface area contributed by atoms with Crippen LogP contribution in [0.1, 0.15) is 30.3 Å². The van der Waals surface area contributed by atoms with Crippen molar-refractivity contribution in [3.05, 3.63) is 58.0 Å². The SMILES string of the molecule is Cc1cc([N+](=O)[O-])cnc1NCc1nc2ccccc2n1C1CC1. The standard InChI is InChI=1S/C17H17N5O2/c1-11-8-13(22(23)24)9-18-17(11)19-10-16-20-14-4-2-3-5-15(14)21(16)12-6-7-12/h2-5,8-9,12H,6-7,10H2,1H3,(H,18,19). The Morgan fingerprint density at radius 3 is 2.88 bits per heavy atom. The van der Waals surface area contributed by atoms with Crippen molar-refractivity contribution < 1.29 is 4.92 Å². The molecule has 24 heavy (non-hydrogen) atoms. The highest BCUT2D eigenvalue weighted by molar-refractivity contribution is 5.76. The van der Waals surface area contributed by atoms with Gasteiger partial charge >= 0.3 is 0 Å². The lowest BCUT2D eigenvalue weighted by Crippen LogP contribution is -2.09. The smallest absolute Gasteiger partial charge is 0.287 e. The summed E-state index contributed by atoms with van der Waals surface area (Å²) in [6, 6.07) is 10.2. The van der Waals surface area contributed by atoms with Gasteiger partial charge in [-0.1, -0.05) is 12.1 Å². The number of hydrogen-bond donors (Lipinski definition) is 1. The highest BCUT2D eigenvalue weighted by atomic mass is 16.6. The van der Waals surface area contributed by atoms with Gasteiger partial charge in [-0.15, -0.1) is 0 Å². The van der Waals surface area contributed by atoms with E-state index in [0.29, 0.717) is 18.4 Å². The zero-order valence-corrected chi connectivity index (χ0v) is 13.3. The molecule has 0 aliphatic heterocycles. The highest BCUT2D eigenvalue weighted by Crippen LogP contribution is 2.38. The quantitative estimate of drug-likeness (QED) is 0.573. The van der Waals surface area contributed by atoms with Gasteiger partial charge in [0.1, 0.15) is 17.8 Å². The summed E-state index contributed by atoms with van der Waals surface area (Å²) in [7, 11) is 0. The van der Waals surface area contributed by atoms with E-state index in [1.54, 1.807) is 0 Å². The molecule has 1 aliphatic rings. The number of imidazole rings is 1. The number of pyridine rings is 1. The topological polar surface area (TPSA) is 85.9 Å². The fraction of sp³-hybridized carbons (Fsp3) is 0.294. The van der Waals surface area contributed by atoms with Crippen LogP contribution in [-0.2, 0) is 6.54 Å². The van der Waals surface area contributed by atoms with Crippen molar-refractivity contribution in [1.82, 2.24) is 14.5 Å². The van der Waals surface area contributed by atoms with E-state index in [9.17, 15) is 10.1 Å². The Bertz CT molecular complexity index is 930. The molecule has 2 aromatic heterocycles. The van der Waals surface area contributed by atoms with Crippen molar-refractivity contribution >= 4 is 22.5 Å². The summed E-state index contributed by atoms with van der Waals surface area (Å²) < 4.78 is 2.29. The number of para-hydroxylation sites is 2. The van der Waals surface area contributed by atoms with E-state index >= 15 is 0 Å². The van der Waals surface area contributed by atoms with Gasteiger partial charge in [-0.25, -0.2) is 9.97 Å². The minimum Gasteiger partial charge on any atom is -0.363 e. The van der Waals surface area contributed by atoms with Crippen LogP contribution >= 0.6 is 0 Å². The van der Waals surface area contributed by atoms with E-state index in [1.165, 1.54) is 25.1 Å². The van der Waals surface area contributed by atoms with Crippen molar-refractivity contribution in [3.63, 3.8) is 0 Å². The van der Waals surface area contributed by atoms with Gasteiger partial charge in [0.15, 0.2) is 0 Å². The van der Waals surface area contributed by atoms with Crippen LogP contribution in [0, 0.1) is 17.0 Å². The Morgan fingerprint density at radius 2 is 2.17 bits per heavy atom. The van der Waals surface area contributed by atoms with Crippen molar-refractivity contribution in [1.29, 1.82) is 0 Å². The molecule has 3 aromatic rings. The number of hydrogen-bond acceptors (Lipinski definition) is 5. The summed E-state index contributed by atoms with van der Waals surface area (Å²) in [6.45, 7) is 2.35. The summed E-state index contributed by atoms with van der Waals surface area (Å²) >= 11 is 0. The molecule has 7 heteroatoms. The average Bonchev–Trinajstić information content (AvgIpc) is 3.34. The second kappa shape index (κ2) is 5.59. The number of aryl methyl sites for hydroxylation is 1. The normalized spacial score (nSPS) is 14.0. The first-order valence-electron chi connectivity index (χ1n) is 7.94. The number of aromatic nitrogens is 3. The monoisotopic (exact) mass is 323 g/mol. The Balaban J connectivity index is 1.61. The van der Waals surface area contributed by atoms with Gasteiger partial charge in [0.2, 0.25) is 0 Å². The Kier molecular flexibility index (Phi) is 3.41. The number of anilines is 1. The molecule has 0 unspecified atom stereocenters. The molecule has 0 atom stereocenters. The molecular formula is C17H17N5O2. The average molecular weight is 323 g/mol. The molecule has 1 N–H and O–H groups in total. The molecule has 1 fully saturated rings. The summed E-state index contributed by atoms with van der Waals surface area (Å²) in [6.07, 6.45) is 3.64. The maximum absolute atomic E-state index is 10.8. The molecule has 0 radical (unpaired) electrons. The van der Waals surface area contributed by atoms with Crippen LogP contribution in [0.5, 0.6) is 0 Å². The maximum Gasteiger partial charge on any atom is 0.287 e. The molecule has 0 saturated heterocycles. The largest absolute Gasteiger partial charge is 0.363 e. The van der Waals surface area contributed by atoms with Crippen LogP contribution in [-0.4, -0.2) is 19.5 Å².